The number of amides is 1. The van der Waals surface area contributed by atoms with Crippen LogP contribution in [0.1, 0.15) is 21.7 Å². The molecule has 3 aromatic carbocycles. The molecule has 1 heterocycles. The van der Waals surface area contributed by atoms with E-state index in [1.807, 2.05) is 48.5 Å². The highest BCUT2D eigenvalue weighted by Crippen LogP contribution is 2.22. The first-order valence-corrected chi connectivity index (χ1v) is 10.4. The van der Waals surface area contributed by atoms with Gasteiger partial charge in [0.15, 0.2) is 5.76 Å². The van der Waals surface area contributed by atoms with E-state index >= 15 is 0 Å². The Morgan fingerprint density at radius 1 is 0.969 bits per heavy atom. The van der Waals surface area contributed by atoms with Crippen LogP contribution >= 0.6 is 15.9 Å². The van der Waals surface area contributed by atoms with Gasteiger partial charge in [0.1, 0.15) is 11.3 Å². The number of rotatable bonds is 6. The first kappa shape index (κ1) is 21.3. The van der Waals surface area contributed by atoms with E-state index in [9.17, 15) is 9.59 Å². The second-order valence-corrected chi connectivity index (χ2v) is 7.61. The number of fused-ring (bicyclic) bond motifs is 1. The molecular formula is C25H17BrN2O4. The molecule has 0 saturated carbocycles. The van der Waals surface area contributed by atoms with E-state index in [-0.39, 0.29) is 5.76 Å². The van der Waals surface area contributed by atoms with Crippen molar-refractivity contribution in [2.45, 2.75) is 0 Å². The lowest BCUT2D eigenvalue weighted by atomic mass is 10.2. The normalized spacial score (nSPS) is 11.3. The van der Waals surface area contributed by atoms with Crippen molar-refractivity contribution in [3.63, 3.8) is 0 Å². The fraction of sp³-hybridized carbons (Fsp3) is 0. The van der Waals surface area contributed by atoms with Crippen LogP contribution in [0.4, 0.5) is 0 Å². The Hall–Kier alpha value is -3.97. The minimum Gasteiger partial charge on any atom is -0.451 e. The summed E-state index contributed by atoms with van der Waals surface area (Å²) in [7, 11) is 0. The maximum Gasteiger partial charge on any atom is 0.336 e. The van der Waals surface area contributed by atoms with Gasteiger partial charge in [-0.25, -0.2) is 10.2 Å². The largest absolute Gasteiger partial charge is 0.451 e. The van der Waals surface area contributed by atoms with Crippen molar-refractivity contribution in [1.29, 1.82) is 0 Å². The summed E-state index contributed by atoms with van der Waals surface area (Å²) >= 11 is 3.38. The molecule has 1 N–H and O–H groups in total. The summed E-state index contributed by atoms with van der Waals surface area (Å²) in [5.41, 5.74) is 4.43. The Morgan fingerprint density at radius 2 is 1.75 bits per heavy atom. The Bertz CT molecular complexity index is 1290. The van der Waals surface area contributed by atoms with Crippen LogP contribution in [0.15, 0.2) is 98.9 Å². The Morgan fingerprint density at radius 3 is 2.56 bits per heavy atom. The van der Waals surface area contributed by atoms with Crippen molar-refractivity contribution >= 4 is 51.1 Å². The molecule has 1 aromatic heterocycles. The van der Waals surface area contributed by atoms with E-state index < -0.39 is 11.9 Å². The highest BCUT2D eigenvalue weighted by molar-refractivity contribution is 9.10. The molecule has 0 aliphatic heterocycles. The fourth-order valence-corrected chi connectivity index (χ4v) is 3.27. The number of benzene rings is 3. The van der Waals surface area contributed by atoms with Gasteiger partial charge in [-0.2, -0.15) is 5.10 Å². The molecule has 4 rings (SSSR count). The number of carbonyl (C=O) groups excluding carboxylic acids is 2. The lowest BCUT2D eigenvalue weighted by molar-refractivity contribution is -0.128. The average Bonchev–Trinajstić information content (AvgIpc) is 3.24. The molecule has 32 heavy (non-hydrogen) atoms. The van der Waals surface area contributed by atoms with Crippen LogP contribution in [0, 0.1) is 0 Å². The number of hydrogen-bond donors (Lipinski definition) is 1. The SMILES string of the molecule is O=C(/C=C/c1ccccc1)Oc1ccc(Br)cc1/C=N\NC(=O)c1cc2ccccc2o1. The van der Waals surface area contributed by atoms with Crippen LogP contribution in [-0.2, 0) is 4.79 Å². The number of halogens is 1. The van der Waals surface area contributed by atoms with E-state index in [0.29, 0.717) is 16.9 Å². The van der Waals surface area contributed by atoms with Gasteiger partial charge >= 0.3 is 11.9 Å². The summed E-state index contributed by atoms with van der Waals surface area (Å²) in [6.07, 6.45) is 4.42. The molecule has 0 aliphatic carbocycles. The number of furan rings is 1. The topological polar surface area (TPSA) is 80.9 Å². The number of hydrazone groups is 1. The van der Waals surface area contributed by atoms with Gasteiger partial charge in [-0.05, 0) is 42.0 Å². The highest BCUT2D eigenvalue weighted by Gasteiger charge is 2.11. The van der Waals surface area contributed by atoms with Crippen LogP contribution in [-0.4, -0.2) is 18.1 Å². The summed E-state index contributed by atoms with van der Waals surface area (Å²) in [6, 6.07) is 23.5. The third-order valence-electron chi connectivity index (χ3n) is 4.41. The number of nitrogens with zero attached hydrogens (tertiary/aromatic N) is 1. The van der Waals surface area contributed by atoms with Crippen LogP contribution in [0.3, 0.4) is 0 Å². The van der Waals surface area contributed by atoms with Gasteiger partial charge in [0.25, 0.3) is 0 Å². The number of hydrogen-bond acceptors (Lipinski definition) is 5. The van der Waals surface area contributed by atoms with Crippen LogP contribution in [0.25, 0.3) is 17.0 Å². The molecule has 4 aromatic rings. The number of ether oxygens (including phenoxy) is 1. The first-order valence-electron chi connectivity index (χ1n) is 9.65. The smallest absolute Gasteiger partial charge is 0.336 e. The maximum absolute atomic E-state index is 12.3. The molecule has 1 amide bonds. The molecule has 7 heteroatoms. The molecule has 0 aliphatic rings. The van der Waals surface area contributed by atoms with E-state index in [4.69, 9.17) is 9.15 Å². The zero-order valence-corrected chi connectivity index (χ0v) is 18.3. The fourth-order valence-electron chi connectivity index (χ4n) is 2.89. The van der Waals surface area contributed by atoms with Gasteiger partial charge in [-0.3, -0.25) is 4.79 Å². The Kier molecular flexibility index (Phi) is 6.57. The van der Waals surface area contributed by atoms with Gasteiger partial charge < -0.3 is 9.15 Å². The quantitative estimate of drug-likeness (QED) is 0.126. The molecule has 0 bridgehead atoms. The lowest BCUT2D eigenvalue weighted by Gasteiger charge is -2.06. The number of carbonyl (C=O) groups is 2. The predicted molar refractivity (Wildman–Crippen MR) is 127 cm³/mol. The molecule has 6 nitrogen and oxygen atoms in total. The van der Waals surface area contributed by atoms with E-state index in [2.05, 4.69) is 26.5 Å². The van der Waals surface area contributed by atoms with E-state index in [1.54, 1.807) is 36.4 Å². The van der Waals surface area contributed by atoms with Gasteiger partial charge in [0, 0.05) is 21.5 Å². The van der Waals surface area contributed by atoms with Crippen molar-refractivity contribution < 1.29 is 18.7 Å². The Balaban J connectivity index is 1.44. The van der Waals surface area contributed by atoms with Crippen molar-refractivity contribution in [3.05, 3.63) is 106 Å². The summed E-state index contributed by atoms with van der Waals surface area (Å²) in [5.74, 6) is -0.568. The second kappa shape index (κ2) is 9.89. The minimum absolute atomic E-state index is 0.148. The highest BCUT2D eigenvalue weighted by atomic mass is 79.9. The summed E-state index contributed by atoms with van der Waals surface area (Å²) in [4.78, 5) is 24.6. The molecule has 0 radical (unpaired) electrons. The monoisotopic (exact) mass is 488 g/mol. The van der Waals surface area contributed by atoms with E-state index in [0.717, 1.165) is 15.4 Å². The zero-order valence-electron chi connectivity index (χ0n) is 16.7. The van der Waals surface area contributed by atoms with Crippen molar-refractivity contribution in [2.24, 2.45) is 5.10 Å². The van der Waals surface area contributed by atoms with Crippen molar-refractivity contribution in [2.75, 3.05) is 0 Å². The number of nitrogens with one attached hydrogen (secondary N) is 1. The van der Waals surface area contributed by atoms with Gasteiger partial charge in [0.05, 0.1) is 6.21 Å². The molecule has 0 fully saturated rings. The van der Waals surface area contributed by atoms with Crippen LogP contribution in [0.2, 0.25) is 0 Å². The van der Waals surface area contributed by atoms with Crippen molar-refractivity contribution in [3.8, 4) is 5.75 Å². The first-order chi connectivity index (χ1) is 15.6. The Labute approximate surface area is 192 Å². The molecule has 0 atom stereocenters. The average molecular weight is 489 g/mol. The van der Waals surface area contributed by atoms with Gasteiger partial charge in [0.2, 0.25) is 0 Å². The molecule has 0 unspecified atom stereocenters. The standard InChI is InChI=1S/C25H17BrN2O4/c26-20-11-12-22(32-24(29)13-10-17-6-2-1-3-7-17)19(14-20)16-27-28-25(30)23-15-18-8-4-5-9-21(18)31-23/h1-16H,(H,28,30)/b13-10+,27-16-. The van der Waals surface area contributed by atoms with Gasteiger partial charge in [-0.15, -0.1) is 0 Å². The number of esters is 1. The lowest BCUT2D eigenvalue weighted by Crippen LogP contribution is -2.17. The molecule has 158 valence electrons. The zero-order chi connectivity index (χ0) is 22.3. The second-order valence-electron chi connectivity index (χ2n) is 6.69. The third-order valence-corrected chi connectivity index (χ3v) is 4.91. The summed E-state index contributed by atoms with van der Waals surface area (Å²) in [6.45, 7) is 0. The summed E-state index contributed by atoms with van der Waals surface area (Å²) < 4.78 is 11.7. The molecule has 0 spiro atoms. The summed E-state index contributed by atoms with van der Waals surface area (Å²) in [5, 5.41) is 4.80. The number of para-hydroxylation sites is 1. The van der Waals surface area contributed by atoms with Crippen molar-refractivity contribution in [1.82, 2.24) is 5.43 Å². The van der Waals surface area contributed by atoms with Gasteiger partial charge in [-0.1, -0.05) is 64.5 Å². The van der Waals surface area contributed by atoms with E-state index in [1.165, 1.54) is 12.3 Å². The molecular weight excluding hydrogens is 472 g/mol. The molecule has 0 saturated heterocycles. The predicted octanol–water partition coefficient (Wildman–Crippen LogP) is 5.58. The minimum atomic E-state index is -0.530. The maximum atomic E-state index is 12.3. The van der Waals surface area contributed by atoms with Crippen LogP contribution in [0.5, 0.6) is 5.75 Å². The van der Waals surface area contributed by atoms with Crippen LogP contribution < -0.4 is 10.2 Å². The third kappa shape index (κ3) is 5.39.